The monoisotopic (exact) mass is 360 g/mol. The molecule has 1 heterocycles. The standard InChI is InChI=1S/C16H22Cl2N2O3/c1-12(23-15-4-3-13(17)11-14(15)18)16(21)19-5-2-6-20-7-9-22-10-8-20/h3-4,11-12H,2,5-10H2,1H3,(H,19,21)/t12-/m0/s1. The van der Waals surface area contributed by atoms with E-state index in [2.05, 4.69) is 10.2 Å². The predicted octanol–water partition coefficient (Wildman–Crippen LogP) is 2.60. The van der Waals surface area contributed by atoms with Crippen LogP contribution in [-0.4, -0.2) is 56.3 Å². The molecule has 7 heteroatoms. The van der Waals surface area contributed by atoms with E-state index in [-0.39, 0.29) is 5.91 Å². The van der Waals surface area contributed by atoms with Gasteiger partial charge in [0.1, 0.15) is 5.75 Å². The third-order valence-electron chi connectivity index (χ3n) is 3.62. The van der Waals surface area contributed by atoms with Gasteiger partial charge in [-0.1, -0.05) is 23.2 Å². The van der Waals surface area contributed by atoms with Gasteiger partial charge in [-0.05, 0) is 38.1 Å². The highest BCUT2D eigenvalue weighted by Gasteiger charge is 2.16. The molecular weight excluding hydrogens is 339 g/mol. The first-order valence-corrected chi connectivity index (χ1v) is 8.51. The Bertz CT molecular complexity index is 522. The van der Waals surface area contributed by atoms with Gasteiger partial charge in [-0.15, -0.1) is 0 Å². The van der Waals surface area contributed by atoms with Gasteiger partial charge in [-0.3, -0.25) is 9.69 Å². The summed E-state index contributed by atoms with van der Waals surface area (Å²) in [6.07, 6.45) is 0.289. The average molecular weight is 361 g/mol. The Kier molecular flexibility index (Phi) is 7.43. The highest BCUT2D eigenvalue weighted by atomic mass is 35.5. The summed E-state index contributed by atoms with van der Waals surface area (Å²) in [7, 11) is 0. The fourth-order valence-electron chi connectivity index (χ4n) is 2.30. The van der Waals surface area contributed by atoms with Gasteiger partial charge in [-0.25, -0.2) is 0 Å². The van der Waals surface area contributed by atoms with E-state index < -0.39 is 6.10 Å². The van der Waals surface area contributed by atoms with Crippen LogP contribution in [0.3, 0.4) is 0 Å². The number of carbonyl (C=O) groups excluding carboxylic acids is 1. The normalized spacial score (nSPS) is 16.8. The molecule has 5 nitrogen and oxygen atoms in total. The number of amides is 1. The lowest BCUT2D eigenvalue weighted by molar-refractivity contribution is -0.127. The Morgan fingerprint density at radius 2 is 2.13 bits per heavy atom. The highest BCUT2D eigenvalue weighted by Crippen LogP contribution is 2.28. The van der Waals surface area contributed by atoms with Crippen molar-refractivity contribution in [2.24, 2.45) is 0 Å². The third kappa shape index (κ3) is 6.18. The summed E-state index contributed by atoms with van der Waals surface area (Å²) < 4.78 is 10.9. The second kappa shape index (κ2) is 9.33. The molecule has 1 saturated heterocycles. The Labute approximate surface area is 146 Å². The van der Waals surface area contributed by atoms with Crippen LogP contribution >= 0.6 is 23.2 Å². The van der Waals surface area contributed by atoms with Crippen LogP contribution in [0.15, 0.2) is 18.2 Å². The quantitative estimate of drug-likeness (QED) is 0.759. The van der Waals surface area contributed by atoms with Gasteiger partial charge in [0.25, 0.3) is 5.91 Å². The fraction of sp³-hybridized carbons (Fsp3) is 0.562. The third-order valence-corrected chi connectivity index (χ3v) is 4.15. The zero-order valence-electron chi connectivity index (χ0n) is 13.2. The maximum Gasteiger partial charge on any atom is 0.260 e. The predicted molar refractivity (Wildman–Crippen MR) is 91.4 cm³/mol. The molecule has 0 aromatic heterocycles. The number of hydrogen-bond acceptors (Lipinski definition) is 4. The van der Waals surface area contributed by atoms with Crippen LogP contribution in [0.5, 0.6) is 5.75 Å². The van der Waals surface area contributed by atoms with Crippen LogP contribution in [0.1, 0.15) is 13.3 Å². The number of carbonyl (C=O) groups is 1. The molecule has 0 radical (unpaired) electrons. The molecule has 1 aromatic carbocycles. The second-order valence-electron chi connectivity index (χ2n) is 5.43. The molecule has 128 valence electrons. The van der Waals surface area contributed by atoms with E-state index in [1.807, 2.05) is 0 Å². The summed E-state index contributed by atoms with van der Waals surface area (Å²) >= 11 is 11.9. The summed E-state index contributed by atoms with van der Waals surface area (Å²) in [5.41, 5.74) is 0. The minimum absolute atomic E-state index is 0.155. The van der Waals surface area contributed by atoms with Gasteiger partial charge in [0, 0.05) is 24.7 Å². The highest BCUT2D eigenvalue weighted by molar-refractivity contribution is 6.35. The van der Waals surface area contributed by atoms with Crippen molar-refractivity contribution in [2.45, 2.75) is 19.4 Å². The summed E-state index contributed by atoms with van der Waals surface area (Å²) in [6, 6.07) is 4.92. The largest absolute Gasteiger partial charge is 0.479 e. The Morgan fingerprint density at radius 1 is 1.39 bits per heavy atom. The second-order valence-corrected chi connectivity index (χ2v) is 6.28. The summed E-state index contributed by atoms with van der Waals surface area (Å²) in [5, 5.41) is 3.81. The molecule has 0 aliphatic carbocycles. The van der Waals surface area contributed by atoms with E-state index in [1.165, 1.54) is 0 Å². The molecule has 1 amide bonds. The molecule has 1 aliphatic rings. The van der Waals surface area contributed by atoms with Gasteiger partial charge < -0.3 is 14.8 Å². The SMILES string of the molecule is C[C@H](Oc1ccc(Cl)cc1Cl)C(=O)NCCCN1CCOCC1. The van der Waals surface area contributed by atoms with Gasteiger partial charge in [0.2, 0.25) is 0 Å². The van der Waals surface area contributed by atoms with Crippen molar-refractivity contribution < 1.29 is 14.3 Å². The minimum Gasteiger partial charge on any atom is -0.479 e. The molecule has 1 fully saturated rings. The summed E-state index contributed by atoms with van der Waals surface area (Å²) in [5.74, 6) is 0.296. The molecule has 1 aromatic rings. The zero-order valence-corrected chi connectivity index (χ0v) is 14.7. The van der Waals surface area contributed by atoms with Gasteiger partial charge in [0.05, 0.1) is 18.2 Å². The van der Waals surface area contributed by atoms with Crippen molar-refractivity contribution in [3.05, 3.63) is 28.2 Å². The van der Waals surface area contributed by atoms with Crippen LogP contribution in [0.4, 0.5) is 0 Å². The fourth-order valence-corrected chi connectivity index (χ4v) is 2.75. The first-order valence-electron chi connectivity index (χ1n) is 7.76. The Balaban J connectivity index is 1.68. The zero-order chi connectivity index (χ0) is 16.7. The number of nitrogens with zero attached hydrogens (tertiary/aromatic N) is 1. The maximum atomic E-state index is 12.0. The number of morpholine rings is 1. The van der Waals surface area contributed by atoms with Crippen molar-refractivity contribution in [1.29, 1.82) is 0 Å². The Morgan fingerprint density at radius 3 is 2.83 bits per heavy atom. The van der Waals surface area contributed by atoms with Crippen LogP contribution in [-0.2, 0) is 9.53 Å². The number of benzene rings is 1. The molecule has 1 atom stereocenters. The molecule has 1 aliphatic heterocycles. The van der Waals surface area contributed by atoms with Crippen LogP contribution in [0.2, 0.25) is 10.0 Å². The van der Waals surface area contributed by atoms with Crippen LogP contribution in [0.25, 0.3) is 0 Å². The number of halogens is 2. The van der Waals surface area contributed by atoms with E-state index >= 15 is 0 Å². The average Bonchev–Trinajstić information content (AvgIpc) is 2.55. The van der Waals surface area contributed by atoms with Crippen molar-refractivity contribution >= 4 is 29.1 Å². The molecule has 0 bridgehead atoms. The lowest BCUT2D eigenvalue weighted by Crippen LogP contribution is -2.40. The first-order chi connectivity index (χ1) is 11.1. The Hall–Kier alpha value is -1.01. The smallest absolute Gasteiger partial charge is 0.260 e. The van der Waals surface area contributed by atoms with Crippen molar-refractivity contribution in [1.82, 2.24) is 10.2 Å². The van der Waals surface area contributed by atoms with Gasteiger partial charge >= 0.3 is 0 Å². The number of nitrogens with one attached hydrogen (secondary N) is 1. The molecule has 1 N–H and O–H groups in total. The van der Waals surface area contributed by atoms with Crippen molar-refractivity contribution in [2.75, 3.05) is 39.4 Å². The lowest BCUT2D eigenvalue weighted by Gasteiger charge is -2.26. The lowest BCUT2D eigenvalue weighted by atomic mass is 10.3. The maximum absolute atomic E-state index is 12.0. The molecule has 0 unspecified atom stereocenters. The first kappa shape index (κ1) is 18.3. The van der Waals surface area contributed by atoms with E-state index in [4.69, 9.17) is 32.7 Å². The van der Waals surface area contributed by atoms with E-state index in [1.54, 1.807) is 25.1 Å². The van der Waals surface area contributed by atoms with E-state index in [0.717, 1.165) is 39.3 Å². The molecule has 0 saturated carbocycles. The van der Waals surface area contributed by atoms with Crippen molar-refractivity contribution in [3.8, 4) is 5.75 Å². The molecular formula is C16H22Cl2N2O3. The number of ether oxygens (including phenoxy) is 2. The molecule has 0 spiro atoms. The van der Waals surface area contributed by atoms with E-state index in [0.29, 0.717) is 22.3 Å². The van der Waals surface area contributed by atoms with Crippen LogP contribution < -0.4 is 10.1 Å². The van der Waals surface area contributed by atoms with Crippen molar-refractivity contribution in [3.63, 3.8) is 0 Å². The topological polar surface area (TPSA) is 50.8 Å². The number of rotatable bonds is 7. The van der Waals surface area contributed by atoms with Gasteiger partial charge in [-0.2, -0.15) is 0 Å². The molecule has 2 rings (SSSR count). The number of hydrogen-bond donors (Lipinski definition) is 1. The minimum atomic E-state index is -0.614. The van der Waals surface area contributed by atoms with E-state index in [9.17, 15) is 4.79 Å². The summed E-state index contributed by atoms with van der Waals surface area (Å²) in [4.78, 5) is 14.4. The van der Waals surface area contributed by atoms with Gasteiger partial charge in [0.15, 0.2) is 6.10 Å². The van der Waals surface area contributed by atoms with Crippen LogP contribution in [0, 0.1) is 0 Å². The molecule has 23 heavy (non-hydrogen) atoms. The summed E-state index contributed by atoms with van der Waals surface area (Å²) in [6.45, 7) is 6.78.